The molecule has 3 N–H and O–H groups in total. The van der Waals surface area contributed by atoms with E-state index in [1.807, 2.05) is 0 Å². The molecule has 2 aromatic carbocycles. The highest BCUT2D eigenvalue weighted by atomic mass is 32.2. The maximum atomic E-state index is 14.9. The number of hydrogen-bond acceptors (Lipinski definition) is 3. The predicted molar refractivity (Wildman–Crippen MR) is 124 cm³/mol. The molecule has 2 amide bonds. The molecule has 3 aliphatic rings. The molecule has 0 bridgehead atoms. The Balaban J connectivity index is 1.40. The third-order valence-corrected chi connectivity index (χ3v) is 8.46. The maximum Gasteiger partial charge on any atom is 0.354 e. The smallest absolute Gasteiger partial charge is 0.306 e. The fraction of sp³-hybridized carbons (Fsp3) is 0.458. The Labute approximate surface area is 188 Å². The molecule has 1 fully saturated rings. The van der Waals surface area contributed by atoms with E-state index in [1.54, 1.807) is 6.07 Å². The molecule has 0 aromatic heterocycles. The molecule has 32 heavy (non-hydrogen) atoms. The van der Waals surface area contributed by atoms with E-state index in [1.165, 1.54) is 23.3 Å². The summed E-state index contributed by atoms with van der Waals surface area (Å²) in [5.74, 6) is -0.450. The number of carbonyl (C=O) groups is 1. The number of fused-ring (bicyclic) bond motifs is 2. The molecule has 0 spiro atoms. The Morgan fingerprint density at radius 2 is 1.94 bits per heavy atom. The van der Waals surface area contributed by atoms with Gasteiger partial charge in [0.05, 0.1) is 4.90 Å². The van der Waals surface area contributed by atoms with Gasteiger partial charge in [0.25, 0.3) is 0 Å². The molecule has 8 heteroatoms. The van der Waals surface area contributed by atoms with Crippen LogP contribution in [0.15, 0.2) is 33.5 Å². The zero-order valence-corrected chi connectivity index (χ0v) is 19.1. The fourth-order valence-corrected chi connectivity index (χ4v) is 6.33. The van der Waals surface area contributed by atoms with Crippen LogP contribution in [0.1, 0.15) is 53.0 Å². The zero-order chi connectivity index (χ0) is 22.5. The lowest BCUT2D eigenvalue weighted by Gasteiger charge is -2.30. The molecule has 6 nitrogen and oxygen atoms in total. The second-order valence-electron chi connectivity index (χ2n) is 9.26. The first-order valence-corrected chi connectivity index (χ1v) is 12.9. The van der Waals surface area contributed by atoms with Gasteiger partial charge in [0.2, 0.25) is 0 Å². The van der Waals surface area contributed by atoms with Gasteiger partial charge in [0.15, 0.2) is 0 Å². The van der Waals surface area contributed by atoms with Crippen LogP contribution in [0.25, 0.3) is 0 Å². The summed E-state index contributed by atoms with van der Waals surface area (Å²) in [6.07, 6.45) is 6.92. The van der Waals surface area contributed by atoms with Crippen molar-refractivity contribution in [1.29, 1.82) is 0 Å². The molecular formula is C24H29FN4O2S. The molecule has 1 heterocycles. The van der Waals surface area contributed by atoms with Gasteiger partial charge in [0.1, 0.15) is 15.7 Å². The minimum Gasteiger partial charge on any atom is -0.306 e. The van der Waals surface area contributed by atoms with Crippen molar-refractivity contribution in [3.8, 4) is 0 Å². The summed E-state index contributed by atoms with van der Waals surface area (Å²) in [6, 6.07) is 6.02. The molecule has 2 atom stereocenters. The number of benzene rings is 2. The average Bonchev–Trinajstić information content (AvgIpc) is 3.18. The first-order valence-electron chi connectivity index (χ1n) is 11.3. The monoisotopic (exact) mass is 456 g/mol. The van der Waals surface area contributed by atoms with Crippen LogP contribution in [-0.4, -0.2) is 35.3 Å². The van der Waals surface area contributed by atoms with Crippen LogP contribution >= 0.6 is 0 Å². The van der Waals surface area contributed by atoms with Crippen LogP contribution < -0.4 is 10.5 Å². The van der Waals surface area contributed by atoms with E-state index in [-0.39, 0.29) is 10.8 Å². The van der Waals surface area contributed by atoms with E-state index in [2.05, 4.69) is 27.7 Å². The molecule has 1 aliphatic heterocycles. The number of urea groups is 1. The third-order valence-electron chi connectivity index (χ3n) is 7.06. The Hall–Kier alpha value is -2.29. The number of nitrogens with two attached hydrogens (primary N) is 1. The van der Waals surface area contributed by atoms with Crippen LogP contribution in [0.4, 0.5) is 14.9 Å². The molecule has 1 unspecified atom stereocenters. The number of anilines is 1. The molecule has 170 valence electrons. The van der Waals surface area contributed by atoms with E-state index >= 15 is 0 Å². The minimum absolute atomic E-state index is 0.227. The lowest BCUT2D eigenvalue weighted by atomic mass is 9.83. The first kappa shape index (κ1) is 21.6. The van der Waals surface area contributed by atoms with Crippen LogP contribution in [-0.2, 0) is 35.6 Å². The van der Waals surface area contributed by atoms with Crippen LogP contribution in [0.5, 0.6) is 0 Å². The fourth-order valence-electron chi connectivity index (χ4n) is 5.34. The Kier molecular flexibility index (Phi) is 5.55. The number of hydrogen-bond donors (Lipinski definition) is 2. The van der Waals surface area contributed by atoms with Crippen molar-refractivity contribution in [3.05, 3.63) is 57.9 Å². The average molecular weight is 457 g/mol. The van der Waals surface area contributed by atoms with Crippen molar-refractivity contribution in [1.82, 2.24) is 4.90 Å². The van der Waals surface area contributed by atoms with Crippen molar-refractivity contribution in [3.63, 3.8) is 0 Å². The number of likely N-dealkylation sites (tertiary alicyclic amines) is 1. The van der Waals surface area contributed by atoms with Crippen LogP contribution in [0.3, 0.4) is 0 Å². The van der Waals surface area contributed by atoms with E-state index in [0.29, 0.717) is 0 Å². The highest BCUT2D eigenvalue weighted by Gasteiger charge is 2.27. The van der Waals surface area contributed by atoms with Gasteiger partial charge in [-0.3, -0.25) is 0 Å². The largest absolute Gasteiger partial charge is 0.354 e. The van der Waals surface area contributed by atoms with E-state index in [4.69, 9.17) is 5.14 Å². The summed E-state index contributed by atoms with van der Waals surface area (Å²) in [5, 5.41) is 8.71. The summed E-state index contributed by atoms with van der Waals surface area (Å²) in [5.41, 5.74) is 6.44. The number of aryl methyl sites for hydroxylation is 2. The lowest BCUT2D eigenvalue weighted by molar-refractivity contribution is 0.250. The predicted octanol–water partition coefficient (Wildman–Crippen LogP) is 4.15. The van der Waals surface area contributed by atoms with Crippen molar-refractivity contribution < 1.29 is 13.4 Å². The number of halogens is 1. The Morgan fingerprint density at radius 3 is 2.66 bits per heavy atom. The molecule has 1 saturated heterocycles. The van der Waals surface area contributed by atoms with Gasteiger partial charge in [0, 0.05) is 12.2 Å². The van der Waals surface area contributed by atoms with Crippen molar-refractivity contribution in [2.75, 3.05) is 25.5 Å². The van der Waals surface area contributed by atoms with Crippen molar-refractivity contribution in [2.24, 2.45) is 9.50 Å². The topological polar surface area (TPSA) is 87.8 Å². The molecule has 2 aromatic rings. The van der Waals surface area contributed by atoms with Gasteiger partial charge >= 0.3 is 6.03 Å². The molecule has 0 radical (unpaired) electrons. The Morgan fingerprint density at radius 1 is 1.16 bits per heavy atom. The number of piperidine rings is 1. The standard InChI is InChI=1S/C24H29FN4O2S/c1-29-11-3-5-18(14-29)15-8-10-22(21(25)13-15)32(26,31)28-24(30)27-23-19-6-2-4-16(19)12-17-7-9-20(17)23/h8,10,12-13,18H,2-7,9,11,14H2,1H3,(H3,26,27,28,30,31)/t18?,32-/m0/s1. The number of nitrogens with one attached hydrogen (secondary N) is 1. The van der Waals surface area contributed by atoms with Gasteiger partial charge in [-0.2, -0.15) is 0 Å². The second kappa shape index (κ2) is 8.24. The van der Waals surface area contributed by atoms with Crippen LogP contribution in [0.2, 0.25) is 0 Å². The van der Waals surface area contributed by atoms with Crippen molar-refractivity contribution in [2.45, 2.75) is 55.8 Å². The maximum absolute atomic E-state index is 14.9. The summed E-state index contributed by atoms with van der Waals surface area (Å²) >= 11 is 0. The number of likely N-dealkylation sites (N-methyl/N-ethyl adjacent to an activating group) is 1. The number of nitrogens with zero attached hydrogens (tertiary/aromatic N) is 2. The zero-order valence-electron chi connectivity index (χ0n) is 18.3. The highest BCUT2D eigenvalue weighted by molar-refractivity contribution is 7.91. The molecule has 2 aliphatic carbocycles. The summed E-state index contributed by atoms with van der Waals surface area (Å²) in [6.45, 7) is 1.89. The van der Waals surface area contributed by atoms with Gasteiger partial charge in [-0.05, 0) is 104 Å². The van der Waals surface area contributed by atoms with Gasteiger partial charge in [-0.25, -0.2) is 18.5 Å². The number of amides is 2. The van der Waals surface area contributed by atoms with E-state index < -0.39 is 21.8 Å². The van der Waals surface area contributed by atoms with Crippen LogP contribution in [0, 0.1) is 5.82 Å². The first-order chi connectivity index (χ1) is 15.3. The third kappa shape index (κ3) is 3.95. The quantitative estimate of drug-likeness (QED) is 0.727. The summed E-state index contributed by atoms with van der Waals surface area (Å²) in [7, 11) is -1.66. The molecule has 5 rings (SSSR count). The van der Waals surface area contributed by atoms with E-state index in [9.17, 15) is 13.4 Å². The van der Waals surface area contributed by atoms with Gasteiger partial charge < -0.3 is 10.2 Å². The molecule has 0 saturated carbocycles. The highest BCUT2D eigenvalue weighted by Crippen LogP contribution is 2.39. The summed E-state index contributed by atoms with van der Waals surface area (Å²) < 4.78 is 31.7. The molecular weight excluding hydrogens is 427 g/mol. The number of rotatable bonds is 3. The minimum atomic E-state index is -3.71. The van der Waals surface area contributed by atoms with Gasteiger partial charge in [-0.15, -0.1) is 4.36 Å². The SMILES string of the molecule is CN1CCCC(c2ccc([S@@](N)(=O)=NC(=O)Nc3c4c(cc5c3CC5)CCC4)c(F)c2)C1. The van der Waals surface area contributed by atoms with Gasteiger partial charge in [-0.1, -0.05) is 12.1 Å². The summed E-state index contributed by atoms with van der Waals surface area (Å²) in [4.78, 5) is 14.7. The second-order valence-corrected chi connectivity index (χ2v) is 11.0. The van der Waals surface area contributed by atoms with Crippen molar-refractivity contribution >= 4 is 21.6 Å². The number of carbonyl (C=O) groups excluding carboxylic acids is 1. The lowest BCUT2D eigenvalue weighted by Crippen LogP contribution is -2.30. The van der Waals surface area contributed by atoms with E-state index in [0.717, 1.165) is 80.4 Å². The normalized spacial score (nSPS) is 21.8. The Bertz CT molecular complexity index is 1220.